The normalized spacial score (nSPS) is 18.7. The molecule has 0 aliphatic carbocycles. The number of carbonyl (C=O) groups is 1. The highest BCUT2D eigenvalue weighted by Gasteiger charge is 2.51. The predicted octanol–water partition coefficient (Wildman–Crippen LogP) is 4.41. The number of benzene rings is 3. The third-order valence-corrected chi connectivity index (χ3v) is 4.48. The molecule has 3 heteroatoms. The molecular formula is C21H17NO2. The van der Waals surface area contributed by atoms with Crippen LogP contribution in [-0.2, 0) is 10.3 Å². The number of hydrogen-bond acceptors (Lipinski definition) is 2. The summed E-state index contributed by atoms with van der Waals surface area (Å²) < 4.78 is 5.72. The van der Waals surface area contributed by atoms with Gasteiger partial charge in [0, 0.05) is 0 Å². The maximum atomic E-state index is 12.3. The van der Waals surface area contributed by atoms with Crippen molar-refractivity contribution in [2.45, 2.75) is 11.6 Å². The Balaban J connectivity index is 1.97. The highest BCUT2D eigenvalue weighted by Crippen LogP contribution is 2.46. The van der Waals surface area contributed by atoms with Crippen LogP contribution in [0.25, 0.3) is 0 Å². The highest BCUT2D eigenvalue weighted by atomic mass is 16.6. The zero-order valence-electron chi connectivity index (χ0n) is 13.1. The van der Waals surface area contributed by atoms with Crippen LogP contribution in [0.15, 0.2) is 91.0 Å². The number of alkyl carbamates (subject to hydrolysis) is 1. The van der Waals surface area contributed by atoms with Crippen LogP contribution in [0.2, 0.25) is 0 Å². The summed E-state index contributed by atoms with van der Waals surface area (Å²) in [6, 6.07) is 29.8. The molecule has 0 saturated carbocycles. The van der Waals surface area contributed by atoms with Crippen LogP contribution in [0.1, 0.15) is 22.8 Å². The topological polar surface area (TPSA) is 38.3 Å². The van der Waals surface area contributed by atoms with Gasteiger partial charge < -0.3 is 10.1 Å². The zero-order chi connectivity index (χ0) is 16.4. The molecule has 3 aromatic carbocycles. The molecule has 0 bridgehead atoms. The Labute approximate surface area is 140 Å². The lowest BCUT2D eigenvalue weighted by Crippen LogP contribution is -2.43. The molecule has 1 saturated heterocycles. The van der Waals surface area contributed by atoms with Gasteiger partial charge in [-0.15, -0.1) is 0 Å². The molecule has 0 radical (unpaired) electrons. The van der Waals surface area contributed by atoms with E-state index in [4.69, 9.17) is 4.74 Å². The van der Waals surface area contributed by atoms with Gasteiger partial charge in [-0.2, -0.15) is 0 Å². The van der Waals surface area contributed by atoms with E-state index in [2.05, 4.69) is 5.32 Å². The van der Waals surface area contributed by atoms with Crippen LogP contribution >= 0.6 is 0 Å². The predicted molar refractivity (Wildman–Crippen MR) is 92.5 cm³/mol. The average Bonchev–Trinajstić information content (AvgIpc) is 3.02. The molecule has 24 heavy (non-hydrogen) atoms. The van der Waals surface area contributed by atoms with Gasteiger partial charge in [0.2, 0.25) is 0 Å². The third-order valence-electron chi connectivity index (χ3n) is 4.48. The smallest absolute Gasteiger partial charge is 0.408 e. The summed E-state index contributed by atoms with van der Waals surface area (Å²) in [5, 5.41) is 3.09. The lowest BCUT2D eigenvalue weighted by atomic mass is 9.76. The van der Waals surface area contributed by atoms with Crippen molar-refractivity contribution in [2.24, 2.45) is 0 Å². The van der Waals surface area contributed by atoms with Crippen molar-refractivity contribution in [3.8, 4) is 0 Å². The molecule has 1 atom stereocenters. The van der Waals surface area contributed by atoms with Crippen molar-refractivity contribution in [1.29, 1.82) is 0 Å². The van der Waals surface area contributed by atoms with E-state index in [1.54, 1.807) is 0 Å². The molecule has 3 nitrogen and oxygen atoms in total. The van der Waals surface area contributed by atoms with Crippen molar-refractivity contribution < 1.29 is 9.53 Å². The van der Waals surface area contributed by atoms with E-state index in [1.807, 2.05) is 91.0 Å². The van der Waals surface area contributed by atoms with E-state index < -0.39 is 17.7 Å². The lowest BCUT2D eigenvalue weighted by Gasteiger charge is -2.34. The van der Waals surface area contributed by atoms with Crippen molar-refractivity contribution in [3.05, 3.63) is 108 Å². The molecule has 0 spiro atoms. The Kier molecular flexibility index (Phi) is 3.54. The fourth-order valence-electron chi connectivity index (χ4n) is 3.41. The second kappa shape index (κ2) is 5.85. The van der Waals surface area contributed by atoms with Crippen LogP contribution in [0.3, 0.4) is 0 Å². The summed E-state index contributed by atoms with van der Waals surface area (Å²) in [6.07, 6.45) is -0.840. The number of rotatable bonds is 3. The average molecular weight is 315 g/mol. The summed E-state index contributed by atoms with van der Waals surface area (Å²) >= 11 is 0. The maximum Gasteiger partial charge on any atom is 0.408 e. The van der Waals surface area contributed by atoms with E-state index in [1.165, 1.54) is 0 Å². The number of hydrogen-bond donors (Lipinski definition) is 1. The van der Waals surface area contributed by atoms with E-state index in [0.29, 0.717) is 0 Å². The Hall–Kier alpha value is -3.07. The van der Waals surface area contributed by atoms with Gasteiger partial charge in [0.05, 0.1) is 0 Å². The molecular weight excluding hydrogens is 298 g/mol. The van der Waals surface area contributed by atoms with Gasteiger partial charge in [-0.1, -0.05) is 91.0 Å². The fraction of sp³-hybridized carbons (Fsp3) is 0.0952. The Morgan fingerprint density at radius 1 is 0.708 bits per heavy atom. The first kappa shape index (κ1) is 14.5. The second-order valence-electron chi connectivity index (χ2n) is 5.86. The van der Waals surface area contributed by atoms with E-state index in [0.717, 1.165) is 16.7 Å². The lowest BCUT2D eigenvalue weighted by molar-refractivity contribution is 0.118. The molecule has 0 aromatic heterocycles. The van der Waals surface area contributed by atoms with Crippen molar-refractivity contribution >= 4 is 6.09 Å². The van der Waals surface area contributed by atoms with Crippen molar-refractivity contribution in [3.63, 3.8) is 0 Å². The molecule has 1 aliphatic rings. The van der Waals surface area contributed by atoms with E-state index in [9.17, 15) is 4.79 Å². The molecule has 1 unspecified atom stereocenters. The molecule has 1 aliphatic heterocycles. The molecule has 1 amide bonds. The number of nitrogens with one attached hydrogen (secondary N) is 1. The minimum Gasteiger partial charge on any atom is -0.438 e. The Morgan fingerprint density at radius 3 is 1.67 bits per heavy atom. The molecule has 3 aromatic rings. The summed E-state index contributed by atoms with van der Waals surface area (Å²) in [6.45, 7) is 0. The van der Waals surface area contributed by atoms with Gasteiger partial charge in [-0.25, -0.2) is 4.79 Å². The largest absolute Gasteiger partial charge is 0.438 e. The van der Waals surface area contributed by atoms with E-state index >= 15 is 0 Å². The first-order valence-corrected chi connectivity index (χ1v) is 7.95. The van der Waals surface area contributed by atoms with Gasteiger partial charge in [-0.3, -0.25) is 0 Å². The summed E-state index contributed by atoms with van der Waals surface area (Å²) in [5.41, 5.74) is 2.20. The maximum absolute atomic E-state index is 12.3. The molecule has 1 heterocycles. The molecule has 118 valence electrons. The van der Waals surface area contributed by atoms with Crippen molar-refractivity contribution in [1.82, 2.24) is 5.32 Å². The van der Waals surface area contributed by atoms with Gasteiger partial charge in [0.15, 0.2) is 6.10 Å². The number of amides is 1. The van der Waals surface area contributed by atoms with Gasteiger partial charge >= 0.3 is 6.09 Å². The van der Waals surface area contributed by atoms with Crippen LogP contribution in [0.5, 0.6) is 0 Å². The fourth-order valence-corrected chi connectivity index (χ4v) is 3.41. The third kappa shape index (κ3) is 2.26. The highest BCUT2D eigenvalue weighted by molar-refractivity contribution is 5.74. The summed E-state index contributed by atoms with van der Waals surface area (Å²) in [4.78, 5) is 12.3. The number of ether oxygens (including phenoxy) is 1. The number of carbonyl (C=O) groups excluding carboxylic acids is 1. The zero-order valence-corrected chi connectivity index (χ0v) is 13.1. The molecule has 4 rings (SSSR count). The van der Waals surface area contributed by atoms with Crippen molar-refractivity contribution in [2.75, 3.05) is 0 Å². The monoisotopic (exact) mass is 315 g/mol. The van der Waals surface area contributed by atoms with Crippen LogP contribution in [0, 0.1) is 0 Å². The Morgan fingerprint density at radius 2 is 1.17 bits per heavy atom. The standard InChI is InChI=1S/C21H17NO2/c23-20-22-21(17-12-6-2-7-13-17,18-14-8-3-9-15-18)19(24-20)16-10-4-1-5-11-16/h1-15,19H,(H,22,23). The minimum atomic E-state index is -0.749. The number of cyclic esters (lactones) is 1. The van der Waals surface area contributed by atoms with Gasteiger partial charge in [0.25, 0.3) is 0 Å². The van der Waals surface area contributed by atoms with Gasteiger partial charge in [-0.05, 0) is 16.7 Å². The Bertz CT molecular complexity index is 792. The van der Waals surface area contributed by atoms with Crippen LogP contribution in [-0.4, -0.2) is 6.09 Å². The second-order valence-corrected chi connectivity index (χ2v) is 5.86. The quantitative estimate of drug-likeness (QED) is 0.777. The molecule has 1 N–H and O–H groups in total. The van der Waals surface area contributed by atoms with Crippen LogP contribution in [0.4, 0.5) is 4.79 Å². The first-order chi connectivity index (χ1) is 11.8. The van der Waals surface area contributed by atoms with E-state index in [-0.39, 0.29) is 0 Å². The minimum absolute atomic E-state index is 0.406. The summed E-state index contributed by atoms with van der Waals surface area (Å²) in [5.74, 6) is 0. The van der Waals surface area contributed by atoms with Gasteiger partial charge in [0.1, 0.15) is 5.54 Å². The SMILES string of the molecule is O=C1NC(c2ccccc2)(c2ccccc2)C(c2ccccc2)O1. The van der Waals surface area contributed by atoms with Crippen LogP contribution < -0.4 is 5.32 Å². The summed E-state index contributed by atoms with van der Waals surface area (Å²) in [7, 11) is 0. The first-order valence-electron chi connectivity index (χ1n) is 7.95. The molecule has 1 fully saturated rings.